The van der Waals surface area contributed by atoms with Crippen LogP contribution in [0.1, 0.15) is 5.56 Å². The molecule has 0 radical (unpaired) electrons. The first-order valence-corrected chi connectivity index (χ1v) is 7.12. The monoisotopic (exact) mass is 378 g/mol. The standard InChI is InChI=1S/C12H16Br2N2O2/c1-18-5-4-16-12(17)8-15-7-9-2-3-10(13)11(14)6-9/h2-3,6,15H,4-5,7-8H2,1H3,(H,16,17). The van der Waals surface area contributed by atoms with Crippen LogP contribution in [-0.2, 0) is 16.1 Å². The maximum absolute atomic E-state index is 11.4. The Morgan fingerprint density at radius 1 is 1.33 bits per heavy atom. The number of nitrogens with one attached hydrogen (secondary N) is 2. The molecule has 0 aliphatic carbocycles. The number of benzene rings is 1. The largest absolute Gasteiger partial charge is 0.383 e. The van der Waals surface area contributed by atoms with Crippen LogP contribution < -0.4 is 10.6 Å². The molecular formula is C12H16Br2N2O2. The van der Waals surface area contributed by atoms with Crippen molar-refractivity contribution in [2.75, 3.05) is 26.8 Å². The Bertz CT molecular complexity index is 400. The minimum Gasteiger partial charge on any atom is -0.383 e. The van der Waals surface area contributed by atoms with Crippen molar-refractivity contribution in [3.63, 3.8) is 0 Å². The number of hydrogen-bond acceptors (Lipinski definition) is 3. The van der Waals surface area contributed by atoms with Gasteiger partial charge in [0.1, 0.15) is 0 Å². The van der Waals surface area contributed by atoms with E-state index < -0.39 is 0 Å². The molecule has 18 heavy (non-hydrogen) atoms. The van der Waals surface area contributed by atoms with Crippen LogP contribution in [0.5, 0.6) is 0 Å². The number of carbonyl (C=O) groups is 1. The summed E-state index contributed by atoms with van der Waals surface area (Å²) in [5, 5.41) is 5.83. The zero-order chi connectivity index (χ0) is 13.4. The predicted octanol–water partition coefficient (Wildman–Crippen LogP) is 2.06. The van der Waals surface area contributed by atoms with Gasteiger partial charge in [0.25, 0.3) is 0 Å². The van der Waals surface area contributed by atoms with Crippen LogP contribution in [0.2, 0.25) is 0 Å². The Kier molecular flexibility index (Phi) is 7.50. The zero-order valence-electron chi connectivity index (χ0n) is 10.1. The van der Waals surface area contributed by atoms with Crippen molar-refractivity contribution in [2.24, 2.45) is 0 Å². The Morgan fingerprint density at radius 2 is 2.11 bits per heavy atom. The maximum atomic E-state index is 11.4. The van der Waals surface area contributed by atoms with Gasteiger partial charge in [-0.25, -0.2) is 0 Å². The van der Waals surface area contributed by atoms with Crippen molar-refractivity contribution in [2.45, 2.75) is 6.54 Å². The van der Waals surface area contributed by atoms with Gasteiger partial charge in [-0.2, -0.15) is 0 Å². The van der Waals surface area contributed by atoms with E-state index in [-0.39, 0.29) is 5.91 Å². The Hall–Kier alpha value is -0.430. The highest BCUT2D eigenvalue weighted by molar-refractivity contribution is 9.13. The Balaban J connectivity index is 2.24. The fourth-order valence-electron chi connectivity index (χ4n) is 1.32. The molecule has 4 nitrogen and oxygen atoms in total. The molecule has 2 N–H and O–H groups in total. The van der Waals surface area contributed by atoms with Gasteiger partial charge in [-0.15, -0.1) is 0 Å². The molecule has 0 aliphatic heterocycles. The van der Waals surface area contributed by atoms with E-state index in [9.17, 15) is 4.79 Å². The second kappa shape index (κ2) is 8.63. The molecule has 0 aromatic heterocycles. The van der Waals surface area contributed by atoms with Crippen LogP contribution in [0.15, 0.2) is 27.1 Å². The first kappa shape index (κ1) is 15.6. The second-order valence-corrected chi connectivity index (χ2v) is 5.40. The van der Waals surface area contributed by atoms with Crippen LogP contribution in [0.3, 0.4) is 0 Å². The molecule has 0 saturated heterocycles. The lowest BCUT2D eigenvalue weighted by molar-refractivity contribution is -0.120. The van der Waals surface area contributed by atoms with Gasteiger partial charge in [0.05, 0.1) is 13.2 Å². The Morgan fingerprint density at radius 3 is 2.78 bits per heavy atom. The molecule has 0 bridgehead atoms. The summed E-state index contributed by atoms with van der Waals surface area (Å²) in [5.41, 5.74) is 1.12. The summed E-state index contributed by atoms with van der Waals surface area (Å²) >= 11 is 6.85. The SMILES string of the molecule is COCCNC(=O)CNCc1ccc(Br)c(Br)c1. The van der Waals surface area contributed by atoms with Gasteiger partial charge >= 0.3 is 0 Å². The van der Waals surface area contributed by atoms with Gasteiger partial charge < -0.3 is 15.4 Å². The normalized spacial score (nSPS) is 10.4. The van der Waals surface area contributed by atoms with Crippen molar-refractivity contribution >= 4 is 37.8 Å². The van der Waals surface area contributed by atoms with E-state index in [0.717, 1.165) is 14.5 Å². The highest BCUT2D eigenvalue weighted by Gasteiger charge is 2.01. The summed E-state index contributed by atoms with van der Waals surface area (Å²) in [6, 6.07) is 5.99. The summed E-state index contributed by atoms with van der Waals surface area (Å²) < 4.78 is 6.87. The number of rotatable bonds is 7. The summed E-state index contributed by atoms with van der Waals surface area (Å²) in [5.74, 6) is -0.0248. The van der Waals surface area contributed by atoms with Crippen LogP contribution in [0.25, 0.3) is 0 Å². The summed E-state index contributed by atoms with van der Waals surface area (Å²) in [4.78, 5) is 11.4. The Labute approximate surface area is 124 Å². The number of halogens is 2. The molecule has 0 fully saturated rings. The van der Waals surface area contributed by atoms with Crippen LogP contribution >= 0.6 is 31.9 Å². The quantitative estimate of drug-likeness (QED) is 0.713. The van der Waals surface area contributed by atoms with Crippen LogP contribution in [0.4, 0.5) is 0 Å². The fraction of sp³-hybridized carbons (Fsp3) is 0.417. The lowest BCUT2D eigenvalue weighted by atomic mass is 10.2. The number of hydrogen-bond donors (Lipinski definition) is 2. The molecule has 100 valence electrons. The van der Waals surface area contributed by atoms with E-state index in [2.05, 4.69) is 42.5 Å². The maximum Gasteiger partial charge on any atom is 0.234 e. The van der Waals surface area contributed by atoms with Gasteiger partial charge in [0, 0.05) is 29.1 Å². The van der Waals surface area contributed by atoms with Crippen molar-refractivity contribution in [3.05, 3.63) is 32.7 Å². The first-order chi connectivity index (χ1) is 8.63. The minimum absolute atomic E-state index is 0.0248. The molecule has 0 spiro atoms. The van der Waals surface area contributed by atoms with E-state index in [1.165, 1.54) is 0 Å². The third-order valence-electron chi connectivity index (χ3n) is 2.23. The number of amides is 1. The van der Waals surface area contributed by atoms with Crippen LogP contribution in [0, 0.1) is 0 Å². The lowest BCUT2D eigenvalue weighted by Gasteiger charge is -2.07. The molecule has 0 aliphatic rings. The zero-order valence-corrected chi connectivity index (χ0v) is 13.3. The molecule has 1 rings (SSSR count). The van der Waals surface area contributed by atoms with Gasteiger partial charge in [-0.05, 0) is 49.6 Å². The van der Waals surface area contributed by atoms with E-state index in [4.69, 9.17) is 4.74 Å². The average molecular weight is 380 g/mol. The van der Waals surface area contributed by atoms with Crippen molar-refractivity contribution < 1.29 is 9.53 Å². The lowest BCUT2D eigenvalue weighted by Crippen LogP contribution is -2.35. The molecule has 0 heterocycles. The summed E-state index contributed by atoms with van der Waals surface area (Å²) in [7, 11) is 1.61. The fourth-order valence-corrected chi connectivity index (χ4v) is 2.00. The van der Waals surface area contributed by atoms with E-state index >= 15 is 0 Å². The third kappa shape index (κ3) is 5.95. The number of carbonyl (C=O) groups excluding carboxylic acids is 1. The molecule has 1 aromatic rings. The first-order valence-electron chi connectivity index (χ1n) is 5.53. The highest BCUT2D eigenvalue weighted by Crippen LogP contribution is 2.23. The van der Waals surface area contributed by atoms with Gasteiger partial charge in [-0.1, -0.05) is 6.07 Å². The summed E-state index contributed by atoms with van der Waals surface area (Å²) in [6.07, 6.45) is 0. The van der Waals surface area contributed by atoms with Crippen molar-refractivity contribution in [1.82, 2.24) is 10.6 Å². The summed E-state index contributed by atoms with van der Waals surface area (Å²) in [6.45, 7) is 2.03. The van der Waals surface area contributed by atoms with Gasteiger partial charge in [0.2, 0.25) is 5.91 Å². The third-order valence-corrected chi connectivity index (χ3v) is 4.11. The molecular weight excluding hydrogens is 364 g/mol. The molecule has 0 unspecified atom stereocenters. The molecule has 1 amide bonds. The van der Waals surface area contributed by atoms with E-state index in [1.807, 2.05) is 18.2 Å². The smallest absolute Gasteiger partial charge is 0.234 e. The molecule has 6 heteroatoms. The molecule has 1 aromatic carbocycles. The molecule has 0 saturated carbocycles. The van der Waals surface area contributed by atoms with E-state index in [0.29, 0.717) is 26.2 Å². The van der Waals surface area contributed by atoms with Gasteiger partial charge in [0.15, 0.2) is 0 Å². The van der Waals surface area contributed by atoms with Crippen molar-refractivity contribution in [1.29, 1.82) is 0 Å². The van der Waals surface area contributed by atoms with Crippen LogP contribution in [-0.4, -0.2) is 32.7 Å². The average Bonchev–Trinajstić information content (AvgIpc) is 2.34. The van der Waals surface area contributed by atoms with Crippen molar-refractivity contribution in [3.8, 4) is 0 Å². The number of methoxy groups -OCH3 is 1. The van der Waals surface area contributed by atoms with Gasteiger partial charge in [-0.3, -0.25) is 4.79 Å². The predicted molar refractivity (Wildman–Crippen MR) is 78.4 cm³/mol. The molecule has 0 atom stereocenters. The van der Waals surface area contributed by atoms with E-state index in [1.54, 1.807) is 7.11 Å². The minimum atomic E-state index is -0.0248. The topological polar surface area (TPSA) is 50.4 Å². The second-order valence-electron chi connectivity index (χ2n) is 3.69. The number of ether oxygens (including phenoxy) is 1. The highest BCUT2D eigenvalue weighted by atomic mass is 79.9.